The molecule has 3 fully saturated rings. The minimum atomic E-state index is -0.578. The van der Waals surface area contributed by atoms with Gasteiger partial charge in [0, 0.05) is 18.6 Å². The van der Waals surface area contributed by atoms with Crippen molar-refractivity contribution in [3.8, 4) is 0 Å². The first kappa shape index (κ1) is 13.4. The zero-order valence-electron chi connectivity index (χ0n) is 11.9. The van der Waals surface area contributed by atoms with Crippen molar-refractivity contribution in [3.63, 3.8) is 0 Å². The molecule has 0 aromatic heterocycles. The zero-order valence-corrected chi connectivity index (χ0v) is 11.9. The second-order valence-electron chi connectivity index (χ2n) is 6.74. The van der Waals surface area contributed by atoms with Crippen LogP contribution in [0.5, 0.6) is 0 Å². The van der Waals surface area contributed by atoms with E-state index in [1.807, 2.05) is 0 Å². The average molecular weight is 265 g/mol. The quantitative estimate of drug-likeness (QED) is 0.793. The number of carbonyl (C=O) groups is 1. The third-order valence-corrected chi connectivity index (χ3v) is 5.35. The van der Waals surface area contributed by atoms with Gasteiger partial charge in [-0.1, -0.05) is 19.3 Å². The highest BCUT2D eigenvalue weighted by molar-refractivity contribution is 5.86. The maximum Gasteiger partial charge on any atom is 0.240 e. The van der Waals surface area contributed by atoms with Gasteiger partial charge in [0.1, 0.15) is 0 Å². The van der Waals surface area contributed by atoms with Crippen LogP contribution in [0.2, 0.25) is 0 Å². The summed E-state index contributed by atoms with van der Waals surface area (Å²) in [5.74, 6) is 0.114. The molecule has 0 bridgehead atoms. The normalized spacial score (nSPS) is 34.8. The number of piperidine rings is 1. The molecule has 2 unspecified atom stereocenters. The zero-order chi connectivity index (χ0) is 13.3. The lowest BCUT2D eigenvalue weighted by atomic mass is 9.81. The summed E-state index contributed by atoms with van der Waals surface area (Å²) < 4.78 is 0. The Morgan fingerprint density at radius 1 is 1.11 bits per heavy atom. The van der Waals surface area contributed by atoms with Gasteiger partial charge in [-0.05, 0) is 45.1 Å². The third-order valence-electron chi connectivity index (χ3n) is 5.35. The van der Waals surface area contributed by atoms with Crippen molar-refractivity contribution in [2.24, 2.45) is 5.73 Å². The molecule has 108 valence electrons. The number of nitrogens with one attached hydrogen (secondary N) is 1. The van der Waals surface area contributed by atoms with E-state index in [0.29, 0.717) is 12.1 Å². The summed E-state index contributed by atoms with van der Waals surface area (Å²) in [6.45, 7) is 2.40. The fraction of sp³-hybridized carbons (Fsp3) is 0.933. The van der Waals surface area contributed by atoms with E-state index in [1.165, 1.54) is 25.8 Å². The van der Waals surface area contributed by atoms with Crippen LogP contribution in [0.15, 0.2) is 0 Å². The Hall–Kier alpha value is -0.610. The SMILES string of the molecule is NC1(C(=O)NC2CCN3CCCC3C2)CCCCC1. The van der Waals surface area contributed by atoms with Gasteiger partial charge in [-0.2, -0.15) is 0 Å². The molecule has 19 heavy (non-hydrogen) atoms. The second kappa shape index (κ2) is 5.41. The van der Waals surface area contributed by atoms with Gasteiger partial charge in [-0.15, -0.1) is 0 Å². The molecule has 1 saturated carbocycles. The van der Waals surface area contributed by atoms with Crippen LogP contribution < -0.4 is 11.1 Å². The van der Waals surface area contributed by atoms with Gasteiger partial charge < -0.3 is 16.0 Å². The largest absolute Gasteiger partial charge is 0.352 e. The molecule has 2 atom stereocenters. The van der Waals surface area contributed by atoms with E-state index in [4.69, 9.17) is 5.73 Å². The minimum absolute atomic E-state index is 0.114. The fourth-order valence-corrected chi connectivity index (χ4v) is 4.09. The Morgan fingerprint density at radius 2 is 1.89 bits per heavy atom. The maximum absolute atomic E-state index is 12.4. The molecule has 1 amide bonds. The average Bonchev–Trinajstić information content (AvgIpc) is 2.87. The molecule has 4 heteroatoms. The number of hydrogen-bond acceptors (Lipinski definition) is 3. The molecule has 0 aromatic carbocycles. The number of carbonyl (C=O) groups excluding carboxylic acids is 1. The Kier molecular flexibility index (Phi) is 3.81. The molecule has 2 heterocycles. The van der Waals surface area contributed by atoms with Gasteiger partial charge in [0.25, 0.3) is 0 Å². The van der Waals surface area contributed by atoms with Crippen molar-refractivity contribution in [2.45, 2.75) is 75.4 Å². The molecule has 2 aliphatic heterocycles. The Morgan fingerprint density at radius 3 is 2.68 bits per heavy atom. The Labute approximate surface area is 116 Å². The van der Waals surface area contributed by atoms with Crippen LogP contribution in [0, 0.1) is 0 Å². The first-order valence-corrected chi connectivity index (χ1v) is 8.01. The first-order valence-electron chi connectivity index (χ1n) is 8.01. The molecular formula is C15H27N3O. The maximum atomic E-state index is 12.4. The van der Waals surface area contributed by atoms with Gasteiger partial charge in [0.2, 0.25) is 5.91 Å². The van der Waals surface area contributed by atoms with Gasteiger partial charge in [0.15, 0.2) is 0 Å². The number of hydrogen-bond donors (Lipinski definition) is 2. The summed E-state index contributed by atoms with van der Waals surface area (Å²) in [5.41, 5.74) is 5.73. The van der Waals surface area contributed by atoms with E-state index < -0.39 is 5.54 Å². The second-order valence-corrected chi connectivity index (χ2v) is 6.74. The summed E-state index contributed by atoms with van der Waals surface area (Å²) >= 11 is 0. The predicted molar refractivity (Wildman–Crippen MR) is 75.8 cm³/mol. The lowest BCUT2D eigenvalue weighted by Gasteiger charge is -2.38. The van der Waals surface area contributed by atoms with E-state index in [0.717, 1.165) is 45.1 Å². The summed E-state index contributed by atoms with van der Waals surface area (Å²) in [7, 11) is 0. The van der Waals surface area contributed by atoms with Gasteiger partial charge in [0.05, 0.1) is 5.54 Å². The van der Waals surface area contributed by atoms with Crippen molar-refractivity contribution in [1.82, 2.24) is 10.2 Å². The molecule has 4 nitrogen and oxygen atoms in total. The fourth-order valence-electron chi connectivity index (χ4n) is 4.09. The molecule has 3 rings (SSSR count). The lowest BCUT2D eigenvalue weighted by molar-refractivity contribution is -0.128. The highest BCUT2D eigenvalue weighted by Gasteiger charge is 2.38. The molecular weight excluding hydrogens is 238 g/mol. The van der Waals surface area contributed by atoms with E-state index in [2.05, 4.69) is 10.2 Å². The van der Waals surface area contributed by atoms with E-state index in [-0.39, 0.29) is 5.91 Å². The van der Waals surface area contributed by atoms with Crippen LogP contribution in [0.4, 0.5) is 0 Å². The van der Waals surface area contributed by atoms with Crippen molar-refractivity contribution in [3.05, 3.63) is 0 Å². The predicted octanol–water partition coefficient (Wildman–Crippen LogP) is 1.39. The standard InChI is InChI=1S/C15H27N3O/c16-15(7-2-1-3-8-15)14(19)17-12-6-10-18-9-4-5-13(18)11-12/h12-13H,1-11,16H2,(H,17,19). The summed E-state index contributed by atoms with van der Waals surface area (Å²) in [6, 6.07) is 1.06. The highest BCUT2D eigenvalue weighted by Crippen LogP contribution is 2.29. The summed E-state index contributed by atoms with van der Waals surface area (Å²) in [5, 5.41) is 3.25. The first-order chi connectivity index (χ1) is 9.17. The molecule has 1 aliphatic carbocycles. The molecule has 3 aliphatic rings. The van der Waals surface area contributed by atoms with E-state index >= 15 is 0 Å². The van der Waals surface area contributed by atoms with E-state index in [1.54, 1.807) is 0 Å². The van der Waals surface area contributed by atoms with Gasteiger partial charge in [-0.25, -0.2) is 0 Å². The number of fused-ring (bicyclic) bond motifs is 1. The number of nitrogens with two attached hydrogens (primary N) is 1. The molecule has 0 spiro atoms. The molecule has 0 aromatic rings. The van der Waals surface area contributed by atoms with Gasteiger partial charge >= 0.3 is 0 Å². The topological polar surface area (TPSA) is 58.4 Å². The third kappa shape index (κ3) is 2.79. The van der Waals surface area contributed by atoms with Crippen LogP contribution in [0.25, 0.3) is 0 Å². The summed E-state index contributed by atoms with van der Waals surface area (Å²) in [4.78, 5) is 15.0. The van der Waals surface area contributed by atoms with Crippen LogP contribution in [-0.2, 0) is 4.79 Å². The molecule has 3 N–H and O–H groups in total. The minimum Gasteiger partial charge on any atom is -0.352 e. The smallest absolute Gasteiger partial charge is 0.240 e. The molecule has 0 radical (unpaired) electrons. The van der Waals surface area contributed by atoms with Crippen molar-refractivity contribution >= 4 is 5.91 Å². The number of rotatable bonds is 2. The van der Waals surface area contributed by atoms with Gasteiger partial charge in [-0.3, -0.25) is 4.79 Å². The van der Waals surface area contributed by atoms with Crippen LogP contribution in [-0.4, -0.2) is 41.5 Å². The van der Waals surface area contributed by atoms with Crippen LogP contribution >= 0.6 is 0 Å². The molecule has 2 saturated heterocycles. The highest BCUT2D eigenvalue weighted by atomic mass is 16.2. The monoisotopic (exact) mass is 265 g/mol. The number of amides is 1. The van der Waals surface area contributed by atoms with Crippen molar-refractivity contribution < 1.29 is 4.79 Å². The number of nitrogens with zero attached hydrogens (tertiary/aromatic N) is 1. The lowest BCUT2D eigenvalue weighted by Crippen LogP contribution is -2.58. The summed E-state index contributed by atoms with van der Waals surface area (Å²) in [6.07, 6.45) is 10.0. The van der Waals surface area contributed by atoms with E-state index in [9.17, 15) is 4.79 Å². The van der Waals surface area contributed by atoms with Crippen LogP contribution in [0.3, 0.4) is 0 Å². The Balaban J connectivity index is 1.54. The van der Waals surface area contributed by atoms with Crippen molar-refractivity contribution in [2.75, 3.05) is 13.1 Å². The van der Waals surface area contributed by atoms with Crippen LogP contribution in [0.1, 0.15) is 57.8 Å². The van der Waals surface area contributed by atoms with Crippen molar-refractivity contribution in [1.29, 1.82) is 0 Å². The Bertz CT molecular complexity index is 338.